The van der Waals surface area contributed by atoms with Gasteiger partial charge >= 0.3 is 5.97 Å². The summed E-state index contributed by atoms with van der Waals surface area (Å²) in [6, 6.07) is 9.51. The number of hydrogen-bond acceptors (Lipinski definition) is 6. The van der Waals surface area contributed by atoms with Crippen molar-refractivity contribution < 1.29 is 27.9 Å². The van der Waals surface area contributed by atoms with Gasteiger partial charge in [0.05, 0.1) is 11.5 Å². The van der Waals surface area contributed by atoms with Crippen LogP contribution in [0.2, 0.25) is 5.02 Å². The van der Waals surface area contributed by atoms with Crippen LogP contribution in [0.5, 0.6) is 5.75 Å². The fourth-order valence-corrected chi connectivity index (χ4v) is 4.03. The van der Waals surface area contributed by atoms with Gasteiger partial charge in [0.2, 0.25) is 16.0 Å². The van der Waals surface area contributed by atoms with Crippen molar-refractivity contribution in [3.63, 3.8) is 0 Å². The molecule has 12 heteroatoms. The summed E-state index contributed by atoms with van der Waals surface area (Å²) in [4.78, 5) is 16.4. The number of nitrogens with two attached hydrogens (primary N) is 2. The number of carbonyl (C=O) groups is 1. The summed E-state index contributed by atoms with van der Waals surface area (Å²) in [6.45, 7) is 2.37. The number of halogens is 1. The van der Waals surface area contributed by atoms with E-state index in [4.69, 9.17) is 32.6 Å². The molecule has 0 aliphatic heterocycles. The minimum Gasteiger partial charge on any atom is -0.493 e. The lowest BCUT2D eigenvalue weighted by molar-refractivity contribution is -0.138. The molecule has 0 amide bonds. The van der Waals surface area contributed by atoms with Crippen LogP contribution in [0.1, 0.15) is 17.5 Å². The Morgan fingerprint density at radius 2 is 1.88 bits per heavy atom. The number of ether oxygens (including phenoxy) is 1. The number of oxime groups is 1. The first kappa shape index (κ1) is 25.2. The highest BCUT2D eigenvalue weighted by molar-refractivity contribution is 7.89. The number of aliphatic carboxylic acids is 1. The molecule has 0 aliphatic rings. The van der Waals surface area contributed by atoms with Crippen LogP contribution in [0.25, 0.3) is 0 Å². The maximum Gasteiger partial charge on any atom is 0.322 e. The van der Waals surface area contributed by atoms with Crippen molar-refractivity contribution in [2.45, 2.75) is 30.7 Å². The molecule has 32 heavy (non-hydrogen) atoms. The van der Waals surface area contributed by atoms with E-state index in [-0.39, 0.29) is 28.9 Å². The summed E-state index contributed by atoms with van der Waals surface area (Å²) in [5, 5.41) is 13.2. The maximum atomic E-state index is 12.6. The van der Waals surface area contributed by atoms with E-state index >= 15 is 0 Å². The van der Waals surface area contributed by atoms with Gasteiger partial charge in [-0.15, -0.1) is 0 Å². The van der Waals surface area contributed by atoms with Gasteiger partial charge in [-0.2, -0.15) is 4.72 Å². The topological polar surface area (TPSA) is 166 Å². The number of benzene rings is 2. The summed E-state index contributed by atoms with van der Waals surface area (Å²) in [5.41, 5.74) is 11.6. The third-order valence-electron chi connectivity index (χ3n) is 4.23. The first-order valence-corrected chi connectivity index (χ1v) is 11.4. The van der Waals surface area contributed by atoms with E-state index < -0.39 is 22.0 Å². The predicted octanol–water partition coefficient (Wildman–Crippen LogP) is 1.60. The fourth-order valence-electron chi connectivity index (χ4n) is 2.57. The summed E-state index contributed by atoms with van der Waals surface area (Å²) in [7, 11) is -4.07. The highest BCUT2D eigenvalue weighted by Crippen LogP contribution is 2.21. The molecule has 0 bridgehead atoms. The smallest absolute Gasteiger partial charge is 0.322 e. The molecule has 1 atom stereocenters. The van der Waals surface area contributed by atoms with Crippen LogP contribution in [0.4, 0.5) is 0 Å². The summed E-state index contributed by atoms with van der Waals surface area (Å²) >= 11 is 5.99. The van der Waals surface area contributed by atoms with Gasteiger partial charge in [-0.25, -0.2) is 8.42 Å². The zero-order chi connectivity index (χ0) is 23.7. The highest BCUT2D eigenvalue weighted by Gasteiger charge is 2.26. The summed E-state index contributed by atoms with van der Waals surface area (Å²) in [6.07, 6.45) is 0.491. The molecule has 0 fully saturated rings. The Balaban J connectivity index is 1.95. The van der Waals surface area contributed by atoms with Gasteiger partial charge in [-0.3, -0.25) is 4.79 Å². The van der Waals surface area contributed by atoms with Gasteiger partial charge in [0, 0.05) is 11.4 Å². The molecule has 0 saturated heterocycles. The number of carboxylic acids is 1. The lowest BCUT2D eigenvalue weighted by Gasteiger charge is -2.16. The molecule has 0 saturated carbocycles. The van der Waals surface area contributed by atoms with Gasteiger partial charge in [0.15, 0.2) is 0 Å². The molecule has 6 N–H and O–H groups in total. The molecule has 2 aromatic rings. The first-order chi connectivity index (χ1) is 15.1. The van der Waals surface area contributed by atoms with Gasteiger partial charge in [-0.1, -0.05) is 29.8 Å². The number of nitrogens with zero attached hydrogens (tertiary/aromatic N) is 1. The largest absolute Gasteiger partial charge is 0.493 e. The van der Waals surface area contributed by atoms with Gasteiger partial charge in [0.25, 0.3) is 0 Å². The van der Waals surface area contributed by atoms with Crippen molar-refractivity contribution in [3.05, 3.63) is 58.6 Å². The second kappa shape index (κ2) is 11.6. The van der Waals surface area contributed by atoms with Crippen molar-refractivity contribution in [1.82, 2.24) is 4.72 Å². The fraction of sp³-hybridized carbons (Fsp3) is 0.300. The Morgan fingerprint density at radius 1 is 1.19 bits per heavy atom. The Kier molecular flexibility index (Phi) is 9.12. The van der Waals surface area contributed by atoms with Gasteiger partial charge in [0.1, 0.15) is 18.4 Å². The average molecular weight is 485 g/mol. The first-order valence-electron chi connectivity index (χ1n) is 9.52. The highest BCUT2D eigenvalue weighted by atomic mass is 35.5. The van der Waals surface area contributed by atoms with Crippen LogP contribution < -0.4 is 20.9 Å². The molecule has 0 unspecified atom stereocenters. The zero-order valence-electron chi connectivity index (χ0n) is 17.3. The maximum absolute atomic E-state index is 12.6. The number of rotatable bonds is 12. The molecule has 0 spiro atoms. The molecule has 0 heterocycles. The summed E-state index contributed by atoms with van der Waals surface area (Å²) < 4.78 is 33.0. The van der Waals surface area contributed by atoms with E-state index in [9.17, 15) is 18.3 Å². The Bertz CT molecular complexity index is 1060. The normalized spacial score (nSPS) is 12.1. The van der Waals surface area contributed by atoms with Gasteiger partial charge < -0.3 is 26.1 Å². The number of nitrogens with one attached hydrogen (secondary N) is 1. The third-order valence-corrected chi connectivity index (χ3v) is 6.11. The van der Waals surface area contributed by atoms with Crippen molar-refractivity contribution in [1.29, 1.82) is 0 Å². The van der Waals surface area contributed by atoms with Crippen LogP contribution >= 0.6 is 11.6 Å². The molecule has 0 aliphatic carbocycles. The predicted molar refractivity (Wildman–Crippen MR) is 120 cm³/mol. The molecule has 2 aromatic carbocycles. The molecule has 0 aromatic heterocycles. The van der Waals surface area contributed by atoms with Crippen LogP contribution in [-0.4, -0.2) is 44.7 Å². The van der Waals surface area contributed by atoms with Crippen molar-refractivity contribution in [3.8, 4) is 5.75 Å². The van der Waals surface area contributed by atoms with Crippen LogP contribution in [0.3, 0.4) is 0 Å². The third kappa shape index (κ3) is 7.91. The lowest BCUT2D eigenvalue weighted by Crippen LogP contribution is -2.42. The Morgan fingerprint density at radius 3 is 2.47 bits per heavy atom. The standard InChI is InChI=1S/C20H25ClN4O6S/c1-13-3-8-16(12-17(13)21)32(28,29)25-18(19(26)27)11-14-4-6-15(7-5-14)30-9-2-10-31-24-20(22)23/h3-8,12,18,25H,2,9-11H2,1H3,(H,26,27)(H4,22,23,24)/t18-/m0/s1. The monoisotopic (exact) mass is 484 g/mol. The molecule has 10 nitrogen and oxygen atoms in total. The number of guanidine groups is 1. The number of aryl methyl sites for hydroxylation is 1. The Hall–Kier alpha value is -3.02. The second-order valence-electron chi connectivity index (χ2n) is 6.82. The van der Waals surface area contributed by atoms with E-state index in [1.807, 2.05) is 0 Å². The molecule has 2 rings (SSSR count). The van der Waals surface area contributed by atoms with E-state index in [2.05, 4.69) is 9.88 Å². The van der Waals surface area contributed by atoms with Crippen LogP contribution in [0.15, 0.2) is 52.5 Å². The number of hydrogen-bond donors (Lipinski definition) is 4. The van der Waals surface area contributed by atoms with Crippen molar-refractivity contribution in [2.24, 2.45) is 16.6 Å². The van der Waals surface area contributed by atoms with Crippen molar-refractivity contribution >= 4 is 33.6 Å². The van der Waals surface area contributed by atoms with E-state index in [0.717, 1.165) is 0 Å². The van der Waals surface area contributed by atoms with Gasteiger partial charge in [-0.05, 0) is 53.9 Å². The second-order valence-corrected chi connectivity index (χ2v) is 8.94. The van der Waals surface area contributed by atoms with E-state index in [1.54, 1.807) is 37.3 Å². The quantitative estimate of drug-likeness (QED) is 0.152. The van der Waals surface area contributed by atoms with Crippen molar-refractivity contribution in [2.75, 3.05) is 13.2 Å². The lowest BCUT2D eigenvalue weighted by atomic mass is 10.1. The van der Waals surface area contributed by atoms with Crippen LogP contribution in [0, 0.1) is 6.92 Å². The Labute approximate surface area is 191 Å². The molecular weight excluding hydrogens is 460 g/mol. The SMILES string of the molecule is Cc1ccc(S(=O)(=O)N[C@@H](Cc2ccc(OCCCON=C(N)N)cc2)C(=O)O)cc1Cl. The summed E-state index contributed by atoms with van der Waals surface area (Å²) in [5.74, 6) is -0.892. The number of sulfonamides is 1. The molecule has 0 radical (unpaired) electrons. The van der Waals surface area contributed by atoms with E-state index in [0.29, 0.717) is 29.9 Å². The van der Waals surface area contributed by atoms with E-state index in [1.165, 1.54) is 12.1 Å². The molecule has 174 valence electrons. The zero-order valence-corrected chi connectivity index (χ0v) is 18.9. The van der Waals surface area contributed by atoms with Crippen LogP contribution in [-0.2, 0) is 26.1 Å². The molecular formula is C20H25ClN4O6S. The minimum atomic E-state index is -4.07. The minimum absolute atomic E-state index is 0.0548. The number of carboxylic acid groups (broad SMARTS) is 1. The average Bonchev–Trinajstić information content (AvgIpc) is 2.72.